The van der Waals surface area contributed by atoms with Crippen molar-refractivity contribution in [2.45, 2.75) is 51.6 Å². The molecule has 8 heteroatoms. The molecule has 0 aliphatic carbocycles. The Hall–Kier alpha value is -2.42. The van der Waals surface area contributed by atoms with Gasteiger partial charge in [-0.3, -0.25) is 9.69 Å². The van der Waals surface area contributed by atoms with E-state index in [1.54, 1.807) is 26.0 Å². The molecule has 0 spiro atoms. The highest BCUT2D eigenvalue weighted by molar-refractivity contribution is 7.89. The van der Waals surface area contributed by atoms with E-state index in [1.807, 2.05) is 6.92 Å². The van der Waals surface area contributed by atoms with Gasteiger partial charge in [0.2, 0.25) is 15.9 Å². The monoisotopic (exact) mass is 458 g/mol. The van der Waals surface area contributed by atoms with E-state index in [2.05, 4.69) is 51.9 Å². The van der Waals surface area contributed by atoms with Crippen molar-refractivity contribution in [3.63, 3.8) is 0 Å². The van der Waals surface area contributed by atoms with E-state index in [1.165, 1.54) is 28.9 Å². The molecule has 0 saturated carbocycles. The first-order chi connectivity index (χ1) is 15.1. The molecule has 1 fully saturated rings. The standard InChI is InChI=1S/C24H34N4O3S/c1-17(2)26-32(30,31)22-11-9-21(10-12-22)25-24(29)20(5)27-13-15-28(16-14-27)23-8-6-7-18(3)19(23)4/h6-12,17,20,26H,13-16H2,1-5H3,(H,25,29). The van der Waals surface area contributed by atoms with Crippen LogP contribution in [0, 0.1) is 13.8 Å². The van der Waals surface area contributed by atoms with Crippen LogP contribution in [-0.2, 0) is 14.8 Å². The van der Waals surface area contributed by atoms with Gasteiger partial charge in [0.25, 0.3) is 0 Å². The highest BCUT2D eigenvalue weighted by atomic mass is 32.2. The zero-order valence-electron chi connectivity index (χ0n) is 19.6. The van der Waals surface area contributed by atoms with Crippen LogP contribution in [0.2, 0.25) is 0 Å². The maximum Gasteiger partial charge on any atom is 0.241 e. The molecule has 32 heavy (non-hydrogen) atoms. The summed E-state index contributed by atoms with van der Waals surface area (Å²) in [5, 5.41) is 2.91. The summed E-state index contributed by atoms with van der Waals surface area (Å²) in [4.78, 5) is 17.5. The first-order valence-electron chi connectivity index (χ1n) is 11.1. The van der Waals surface area contributed by atoms with Gasteiger partial charge in [0.05, 0.1) is 10.9 Å². The Balaban J connectivity index is 1.57. The van der Waals surface area contributed by atoms with Crippen molar-refractivity contribution in [2.75, 3.05) is 36.4 Å². The van der Waals surface area contributed by atoms with Gasteiger partial charge in [-0.25, -0.2) is 13.1 Å². The zero-order valence-corrected chi connectivity index (χ0v) is 20.4. The molecule has 1 heterocycles. The van der Waals surface area contributed by atoms with E-state index >= 15 is 0 Å². The molecule has 2 N–H and O–H groups in total. The second kappa shape index (κ2) is 10.0. The van der Waals surface area contributed by atoms with Crippen LogP contribution in [0.4, 0.5) is 11.4 Å². The van der Waals surface area contributed by atoms with Crippen LogP contribution in [0.5, 0.6) is 0 Å². The maximum absolute atomic E-state index is 12.8. The quantitative estimate of drug-likeness (QED) is 0.666. The van der Waals surface area contributed by atoms with Crippen LogP contribution in [0.25, 0.3) is 0 Å². The minimum Gasteiger partial charge on any atom is -0.369 e. The first kappa shape index (κ1) is 24.2. The average molecular weight is 459 g/mol. The number of hydrogen-bond donors (Lipinski definition) is 2. The number of rotatable bonds is 7. The topological polar surface area (TPSA) is 81.8 Å². The molecular weight excluding hydrogens is 424 g/mol. The number of sulfonamides is 1. The number of aryl methyl sites for hydroxylation is 1. The summed E-state index contributed by atoms with van der Waals surface area (Å²) in [5.74, 6) is -0.0962. The van der Waals surface area contributed by atoms with Gasteiger partial charge < -0.3 is 10.2 Å². The van der Waals surface area contributed by atoms with Crippen LogP contribution in [-0.4, -0.2) is 57.5 Å². The van der Waals surface area contributed by atoms with E-state index in [-0.39, 0.29) is 22.9 Å². The second-order valence-corrected chi connectivity index (χ2v) is 10.4. The predicted octanol–water partition coefficient (Wildman–Crippen LogP) is 3.14. The van der Waals surface area contributed by atoms with Crippen molar-refractivity contribution in [3.8, 4) is 0 Å². The Kier molecular flexibility index (Phi) is 7.59. The van der Waals surface area contributed by atoms with Gasteiger partial charge in [-0.15, -0.1) is 0 Å². The highest BCUT2D eigenvalue weighted by Gasteiger charge is 2.26. The van der Waals surface area contributed by atoms with Crippen LogP contribution < -0.4 is 14.9 Å². The van der Waals surface area contributed by atoms with Crippen molar-refractivity contribution in [2.24, 2.45) is 0 Å². The van der Waals surface area contributed by atoms with E-state index in [4.69, 9.17) is 0 Å². The van der Waals surface area contributed by atoms with E-state index in [0.717, 1.165) is 26.2 Å². The molecule has 0 bridgehead atoms. The number of piperazine rings is 1. The minimum atomic E-state index is -3.55. The van der Waals surface area contributed by atoms with Gasteiger partial charge in [-0.2, -0.15) is 0 Å². The Morgan fingerprint density at radius 1 is 0.938 bits per heavy atom. The SMILES string of the molecule is Cc1cccc(N2CCN(C(C)C(=O)Nc3ccc(S(=O)(=O)NC(C)C)cc3)CC2)c1C. The fraction of sp³-hybridized carbons (Fsp3) is 0.458. The Labute approximate surface area is 191 Å². The number of carbonyl (C=O) groups excluding carboxylic acids is 1. The van der Waals surface area contributed by atoms with Crippen LogP contribution in [0.15, 0.2) is 47.4 Å². The molecule has 7 nitrogen and oxygen atoms in total. The summed E-state index contributed by atoms with van der Waals surface area (Å²) in [5.41, 5.74) is 4.44. The molecule has 3 rings (SSSR count). The molecule has 0 aromatic heterocycles. The normalized spacial score (nSPS) is 16.2. The van der Waals surface area contributed by atoms with Crippen LogP contribution in [0.3, 0.4) is 0 Å². The largest absolute Gasteiger partial charge is 0.369 e. The fourth-order valence-electron chi connectivity index (χ4n) is 3.94. The molecule has 1 unspecified atom stereocenters. The third kappa shape index (κ3) is 5.68. The summed E-state index contributed by atoms with van der Waals surface area (Å²) >= 11 is 0. The highest BCUT2D eigenvalue weighted by Crippen LogP contribution is 2.24. The number of benzene rings is 2. The average Bonchev–Trinajstić information content (AvgIpc) is 2.75. The van der Waals surface area contributed by atoms with Gasteiger partial charge in [0, 0.05) is 43.6 Å². The van der Waals surface area contributed by atoms with Gasteiger partial charge in [-0.05, 0) is 76.1 Å². The number of hydrogen-bond acceptors (Lipinski definition) is 5. The fourth-order valence-corrected chi connectivity index (χ4v) is 5.19. The summed E-state index contributed by atoms with van der Waals surface area (Å²) in [7, 11) is -3.55. The molecule has 1 atom stereocenters. The molecule has 1 amide bonds. The number of nitrogens with one attached hydrogen (secondary N) is 2. The molecule has 1 aliphatic heterocycles. The van der Waals surface area contributed by atoms with Gasteiger partial charge >= 0.3 is 0 Å². The molecule has 1 saturated heterocycles. The van der Waals surface area contributed by atoms with E-state index < -0.39 is 10.0 Å². The minimum absolute atomic E-state index is 0.0962. The summed E-state index contributed by atoms with van der Waals surface area (Å²) in [6.07, 6.45) is 0. The van der Waals surface area contributed by atoms with Crippen molar-refractivity contribution >= 4 is 27.3 Å². The van der Waals surface area contributed by atoms with Crippen molar-refractivity contribution in [3.05, 3.63) is 53.6 Å². The number of anilines is 2. The van der Waals surface area contributed by atoms with Gasteiger partial charge in [-0.1, -0.05) is 12.1 Å². The Bertz CT molecular complexity index is 1040. The summed E-state index contributed by atoms with van der Waals surface area (Å²) < 4.78 is 27.1. The lowest BCUT2D eigenvalue weighted by Gasteiger charge is -2.39. The van der Waals surface area contributed by atoms with Crippen molar-refractivity contribution in [1.82, 2.24) is 9.62 Å². The molecule has 0 radical (unpaired) electrons. The number of nitrogens with zero attached hydrogens (tertiary/aromatic N) is 2. The maximum atomic E-state index is 12.8. The smallest absolute Gasteiger partial charge is 0.241 e. The second-order valence-electron chi connectivity index (χ2n) is 8.71. The molecule has 2 aromatic rings. The lowest BCUT2D eigenvalue weighted by Crippen LogP contribution is -2.53. The van der Waals surface area contributed by atoms with Crippen LogP contribution >= 0.6 is 0 Å². The zero-order chi connectivity index (χ0) is 23.5. The van der Waals surface area contributed by atoms with Gasteiger partial charge in [0.1, 0.15) is 0 Å². The summed E-state index contributed by atoms with van der Waals surface area (Å²) in [6, 6.07) is 12.2. The third-order valence-corrected chi connectivity index (χ3v) is 7.66. The summed E-state index contributed by atoms with van der Waals surface area (Å²) in [6.45, 7) is 13.1. The van der Waals surface area contributed by atoms with E-state index in [9.17, 15) is 13.2 Å². The van der Waals surface area contributed by atoms with Crippen molar-refractivity contribution < 1.29 is 13.2 Å². The lowest BCUT2D eigenvalue weighted by atomic mass is 10.1. The molecule has 1 aliphatic rings. The van der Waals surface area contributed by atoms with Gasteiger partial charge in [0.15, 0.2) is 0 Å². The Morgan fingerprint density at radius 2 is 1.56 bits per heavy atom. The van der Waals surface area contributed by atoms with Crippen molar-refractivity contribution in [1.29, 1.82) is 0 Å². The third-order valence-electron chi connectivity index (χ3n) is 5.98. The van der Waals surface area contributed by atoms with E-state index in [0.29, 0.717) is 5.69 Å². The molecular formula is C24H34N4O3S. The molecule has 174 valence electrons. The molecule has 2 aromatic carbocycles. The number of amides is 1. The first-order valence-corrected chi connectivity index (χ1v) is 12.6. The van der Waals surface area contributed by atoms with Crippen LogP contribution in [0.1, 0.15) is 31.9 Å². The predicted molar refractivity (Wildman–Crippen MR) is 130 cm³/mol. The number of carbonyl (C=O) groups is 1. The lowest BCUT2D eigenvalue weighted by molar-refractivity contribution is -0.120. The Morgan fingerprint density at radius 3 is 2.16 bits per heavy atom.